The molecule has 68 valence electrons. The fourth-order valence-electron chi connectivity index (χ4n) is 0.918. The third kappa shape index (κ3) is 3.65. The minimum absolute atomic E-state index is 0.0641. The van der Waals surface area contributed by atoms with Gasteiger partial charge >= 0.3 is 0 Å². The summed E-state index contributed by atoms with van der Waals surface area (Å²) in [5.74, 6) is 0.150. The summed E-state index contributed by atoms with van der Waals surface area (Å²) < 4.78 is 24.0. The normalized spacial score (nSPS) is 15.5. The lowest BCUT2D eigenvalue weighted by Gasteiger charge is -2.30. The van der Waals surface area contributed by atoms with Crippen LogP contribution in [0.1, 0.15) is 27.2 Å². The third-order valence-corrected chi connectivity index (χ3v) is 2.37. The van der Waals surface area contributed by atoms with E-state index in [1.54, 1.807) is 0 Å². The molecule has 2 N–H and O–H groups in total. The van der Waals surface area contributed by atoms with Crippen LogP contribution in [0.15, 0.2) is 0 Å². The Morgan fingerprint density at radius 1 is 1.36 bits per heavy atom. The zero-order chi connectivity index (χ0) is 9.07. The molecule has 0 rings (SSSR count). The second-order valence-corrected chi connectivity index (χ2v) is 3.72. The Morgan fingerprint density at radius 2 is 1.82 bits per heavy atom. The Hall–Kier alpha value is -0.180. The van der Waals surface area contributed by atoms with E-state index in [1.807, 2.05) is 20.8 Å². The van der Waals surface area contributed by atoms with Crippen molar-refractivity contribution in [2.45, 2.75) is 33.6 Å². The molecule has 0 bridgehead atoms. The molecule has 0 unspecified atom stereocenters. The van der Waals surface area contributed by atoms with Crippen LogP contribution in [0, 0.1) is 11.3 Å². The molecular formula is C8H17F2N. The minimum Gasteiger partial charge on any atom is -0.330 e. The third-order valence-electron chi connectivity index (χ3n) is 2.37. The van der Waals surface area contributed by atoms with E-state index in [0.29, 0.717) is 6.54 Å². The summed E-state index contributed by atoms with van der Waals surface area (Å²) in [6, 6.07) is 0. The Labute approximate surface area is 67.0 Å². The van der Waals surface area contributed by atoms with E-state index >= 15 is 0 Å². The summed E-state index contributed by atoms with van der Waals surface area (Å²) in [7, 11) is 0. The predicted molar refractivity (Wildman–Crippen MR) is 42.6 cm³/mol. The van der Waals surface area contributed by atoms with Gasteiger partial charge in [-0.3, -0.25) is 0 Å². The molecule has 11 heavy (non-hydrogen) atoms. The van der Waals surface area contributed by atoms with Crippen LogP contribution < -0.4 is 5.73 Å². The quantitative estimate of drug-likeness (QED) is 0.679. The largest absolute Gasteiger partial charge is 0.330 e. The first-order valence-corrected chi connectivity index (χ1v) is 3.88. The van der Waals surface area contributed by atoms with Crippen LogP contribution in [-0.4, -0.2) is 13.0 Å². The van der Waals surface area contributed by atoms with Crippen LogP contribution in [0.3, 0.4) is 0 Å². The number of alkyl halides is 2. The van der Waals surface area contributed by atoms with Crippen molar-refractivity contribution in [3.05, 3.63) is 0 Å². The van der Waals surface area contributed by atoms with Crippen LogP contribution >= 0.6 is 0 Å². The molecule has 0 aliphatic heterocycles. The summed E-state index contributed by atoms with van der Waals surface area (Å²) in [5, 5.41) is 0. The molecule has 0 spiro atoms. The monoisotopic (exact) mass is 165 g/mol. The van der Waals surface area contributed by atoms with E-state index in [4.69, 9.17) is 5.73 Å². The molecular weight excluding hydrogens is 148 g/mol. The van der Waals surface area contributed by atoms with Gasteiger partial charge in [-0.1, -0.05) is 20.8 Å². The molecule has 0 radical (unpaired) electrons. The molecule has 0 aromatic rings. The Bertz CT molecular complexity index is 113. The average molecular weight is 165 g/mol. The van der Waals surface area contributed by atoms with Crippen LogP contribution in [0.2, 0.25) is 0 Å². The Balaban J connectivity index is 3.98. The maximum atomic E-state index is 12.0. The molecule has 0 aliphatic rings. The smallest absolute Gasteiger partial charge is 0.239 e. The summed E-state index contributed by atoms with van der Waals surface area (Å²) in [6.07, 6.45) is -2.29. The summed E-state index contributed by atoms with van der Waals surface area (Å²) in [5.41, 5.74) is 5.04. The molecule has 0 aromatic heterocycles. The van der Waals surface area contributed by atoms with Crippen molar-refractivity contribution in [1.29, 1.82) is 0 Å². The lowest BCUT2D eigenvalue weighted by molar-refractivity contribution is 0.0633. The number of hydrogen-bond donors (Lipinski definition) is 1. The highest BCUT2D eigenvalue weighted by Crippen LogP contribution is 2.32. The van der Waals surface area contributed by atoms with Crippen molar-refractivity contribution in [2.24, 2.45) is 17.1 Å². The van der Waals surface area contributed by atoms with Gasteiger partial charge in [0.2, 0.25) is 6.43 Å². The first-order valence-electron chi connectivity index (χ1n) is 3.88. The lowest BCUT2D eigenvalue weighted by atomic mass is 9.77. The van der Waals surface area contributed by atoms with E-state index in [9.17, 15) is 8.78 Å². The van der Waals surface area contributed by atoms with Crippen LogP contribution in [0.25, 0.3) is 0 Å². The highest BCUT2D eigenvalue weighted by Gasteiger charge is 2.28. The summed E-state index contributed by atoms with van der Waals surface area (Å²) in [4.78, 5) is 0. The zero-order valence-corrected chi connectivity index (χ0v) is 7.40. The highest BCUT2D eigenvalue weighted by atomic mass is 19.3. The lowest BCUT2D eigenvalue weighted by Crippen LogP contribution is -2.30. The average Bonchev–Trinajstić information content (AvgIpc) is 1.83. The number of nitrogens with two attached hydrogens (primary N) is 1. The SMILES string of the molecule is C[C@@H](CN)C(C)(C)CC(F)F. The number of hydrogen-bond acceptors (Lipinski definition) is 1. The molecule has 0 amide bonds. The van der Waals surface area contributed by atoms with Crippen molar-refractivity contribution in [1.82, 2.24) is 0 Å². The van der Waals surface area contributed by atoms with Crippen LogP contribution in [0.4, 0.5) is 8.78 Å². The Kier molecular flexibility index (Phi) is 3.93. The van der Waals surface area contributed by atoms with E-state index in [2.05, 4.69) is 0 Å². The first-order chi connectivity index (χ1) is 4.90. The fraction of sp³-hybridized carbons (Fsp3) is 1.00. The topological polar surface area (TPSA) is 26.0 Å². The molecule has 0 saturated heterocycles. The van der Waals surface area contributed by atoms with Crippen molar-refractivity contribution in [3.63, 3.8) is 0 Å². The van der Waals surface area contributed by atoms with Gasteiger partial charge in [0.1, 0.15) is 0 Å². The number of rotatable bonds is 4. The molecule has 1 nitrogen and oxygen atoms in total. The number of halogens is 2. The molecule has 0 fully saturated rings. The van der Waals surface area contributed by atoms with Gasteiger partial charge in [-0.2, -0.15) is 0 Å². The maximum absolute atomic E-state index is 12.0. The molecule has 0 aliphatic carbocycles. The van der Waals surface area contributed by atoms with Gasteiger partial charge in [0.25, 0.3) is 0 Å². The molecule has 3 heteroatoms. The van der Waals surface area contributed by atoms with Crippen molar-refractivity contribution >= 4 is 0 Å². The van der Waals surface area contributed by atoms with Crippen molar-refractivity contribution in [2.75, 3.05) is 6.54 Å². The second-order valence-electron chi connectivity index (χ2n) is 3.72. The van der Waals surface area contributed by atoms with Crippen molar-refractivity contribution in [3.8, 4) is 0 Å². The summed E-state index contributed by atoms with van der Waals surface area (Å²) in [6.45, 7) is 6.04. The maximum Gasteiger partial charge on any atom is 0.239 e. The van der Waals surface area contributed by atoms with Gasteiger partial charge in [0.05, 0.1) is 0 Å². The van der Waals surface area contributed by atoms with Gasteiger partial charge in [-0.05, 0) is 17.9 Å². The van der Waals surface area contributed by atoms with E-state index < -0.39 is 6.43 Å². The van der Waals surface area contributed by atoms with E-state index in [1.165, 1.54) is 0 Å². The molecule has 0 heterocycles. The second kappa shape index (κ2) is 4.00. The van der Waals surface area contributed by atoms with Gasteiger partial charge in [-0.15, -0.1) is 0 Å². The van der Waals surface area contributed by atoms with Crippen molar-refractivity contribution < 1.29 is 8.78 Å². The first kappa shape index (κ1) is 10.8. The summed E-state index contributed by atoms with van der Waals surface area (Å²) >= 11 is 0. The molecule has 0 saturated carbocycles. The van der Waals surface area contributed by atoms with Gasteiger partial charge < -0.3 is 5.73 Å². The Morgan fingerprint density at radius 3 is 2.09 bits per heavy atom. The highest BCUT2D eigenvalue weighted by molar-refractivity contribution is 4.76. The van der Waals surface area contributed by atoms with Gasteiger partial charge in [-0.25, -0.2) is 8.78 Å². The van der Waals surface area contributed by atoms with Gasteiger partial charge in [0.15, 0.2) is 0 Å². The van der Waals surface area contributed by atoms with Crippen LogP contribution in [-0.2, 0) is 0 Å². The molecule has 0 aromatic carbocycles. The zero-order valence-electron chi connectivity index (χ0n) is 7.40. The predicted octanol–water partition coefficient (Wildman–Crippen LogP) is 2.26. The van der Waals surface area contributed by atoms with Gasteiger partial charge in [0, 0.05) is 6.42 Å². The van der Waals surface area contributed by atoms with E-state index in [0.717, 1.165) is 0 Å². The standard InChI is InChI=1S/C8H17F2N/c1-6(5-11)8(2,3)4-7(9)10/h6-7H,4-5,11H2,1-3H3/t6-/m0/s1. The molecule has 1 atom stereocenters. The fourth-order valence-corrected chi connectivity index (χ4v) is 0.918. The minimum atomic E-state index is -2.22. The van der Waals surface area contributed by atoms with E-state index in [-0.39, 0.29) is 17.8 Å². The van der Waals surface area contributed by atoms with Crippen LogP contribution in [0.5, 0.6) is 0 Å².